The second-order valence-corrected chi connectivity index (χ2v) is 6.57. The average molecular weight is 315 g/mol. The van der Waals surface area contributed by atoms with Crippen molar-refractivity contribution in [3.63, 3.8) is 0 Å². The maximum Gasteiger partial charge on any atom is 0.325 e. The first-order valence-corrected chi connectivity index (χ1v) is 7.79. The first-order valence-electron chi connectivity index (χ1n) is 7.79. The van der Waals surface area contributed by atoms with Crippen molar-refractivity contribution in [3.8, 4) is 0 Å². The molecule has 6 heteroatoms. The Hall–Kier alpha value is -2.37. The summed E-state index contributed by atoms with van der Waals surface area (Å²) in [5, 5.41) is 2.75. The number of nitrogens with one attached hydrogen (secondary N) is 1. The van der Waals surface area contributed by atoms with Crippen LogP contribution in [0.5, 0.6) is 0 Å². The van der Waals surface area contributed by atoms with Crippen LogP contribution in [0.25, 0.3) is 0 Å². The highest BCUT2D eigenvalue weighted by Crippen LogP contribution is 2.32. The maximum absolute atomic E-state index is 12.8. The lowest BCUT2D eigenvalue weighted by atomic mass is 9.89. The number of benzene rings is 1. The third-order valence-corrected chi connectivity index (χ3v) is 4.74. The highest BCUT2D eigenvalue weighted by atomic mass is 16.2. The molecule has 0 unspecified atom stereocenters. The van der Waals surface area contributed by atoms with E-state index < -0.39 is 11.6 Å². The van der Waals surface area contributed by atoms with E-state index in [1.165, 1.54) is 16.0 Å². The number of fused-ring (bicyclic) bond motifs is 1. The van der Waals surface area contributed by atoms with E-state index in [1.54, 1.807) is 21.0 Å². The molecule has 3 rings (SSSR count). The number of carbonyl (C=O) groups is 3. The number of nitrogens with zero attached hydrogens (tertiary/aromatic N) is 2. The molecule has 23 heavy (non-hydrogen) atoms. The number of hydrogen-bond donors (Lipinski definition) is 1. The molecule has 1 atom stereocenters. The fourth-order valence-electron chi connectivity index (χ4n) is 3.20. The molecule has 0 aromatic heterocycles. The summed E-state index contributed by atoms with van der Waals surface area (Å²) < 4.78 is 0. The molecular formula is C17H21N3O3. The number of urea groups is 1. The maximum atomic E-state index is 12.8. The second kappa shape index (κ2) is 5.37. The molecule has 1 aromatic rings. The Morgan fingerprint density at radius 2 is 1.96 bits per heavy atom. The molecule has 1 heterocycles. The van der Waals surface area contributed by atoms with Crippen LogP contribution < -0.4 is 5.32 Å². The summed E-state index contributed by atoms with van der Waals surface area (Å²) in [6.07, 6.45) is 3.19. The Balaban J connectivity index is 1.89. The summed E-state index contributed by atoms with van der Waals surface area (Å²) in [7, 11) is 3.20. The number of hydrogen-bond acceptors (Lipinski definition) is 3. The summed E-state index contributed by atoms with van der Waals surface area (Å²) >= 11 is 0. The number of amides is 4. The number of likely N-dealkylation sites (N-methyl/N-ethyl adjacent to an activating group) is 1. The van der Waals surface area contributed by atoms with Gasteiger partial charge in [-0.3, -0.25) is 14.5 Å². The molecular weight excluding hydrogens is 294 g/mol. The summed E-state index contributed by atoms with van der Waals surface area (Å²) in [5.74, 6) is -0.664. The van der Waals surface area contributed by atoms with Gasteiger partial charge in [0.1, 0.15) is 12.1 Å². The van der Waals surface area contributed by atoms with Gasteiger partial charge in [-0.05, 0) is 42.9 Å². The third-order valence-electron chi connectivity index (χ3n) is 4.74. The Morgan fingerprint density at radius 3 is 2.65 bits per heavy atom. The molecule has 1 saturated heterocycles. The van der Waals surface area contributed by atoms with Crippen molar-refractivity contribution < 1.29 is 14.4 Å². The predicted molar refractivity (Wildman–Crippen MR) is 84.8 cm³/mol. The van der Waals surface area contributed by atoms with Gasteiger partial charge < -0.3 is 10.2 Å². The minimum Gasteiger partial charge on any atom is -0.347 e. The SMILES string of the molecule is CN(C)C(=O)CN1C(=O)N[C@](C)(c2ccc3c(c2)CCC3)C1=O. The van der Waals surface area contributed by atoms with Crippen molar-refractivity contribution in [2.24, 2.45) is 0 Å². The van der Waals surface area contributed by atoms with Gasteiger partial charge in [0, 0.05) is 14.1 Å². The van der Waals surface area contributed by atoms with Gasteiger partial charge in [-0.25, -0.2) is 4.79 Å². The standard InChI is InChI=1S/C17H21N3O3/c1-17(13-8-7-11-5-4-6-12(11)9-13)15(22)20(16(23)18-17)10-14(21)19(2)3/h7-9H,4-6,10H2,1-3H3,(H,18,23)/t17-/m1/s1. The van der Waals surface area contributed by atoms with Crippen molar-refractivity contribution in [2.45, 2.75) is 31.7 Å². The number of imide groups is 1. The summed E-state index contributed by atoms with van der Waals surface area (Å²) in [6.45, 7) is 1.46. The van der Waals surface area contributed by atoms with E-state index in [9.17, 15) is 14.4 Å². The first kappa shape index (κ1) is 15.5. The molecule has 6 nitrogen and oxygen atoms in total. The highest BCUT2D eigenvalue weighted by Gasteiger charge is 2.49. The molecule has 0 spiro atoms. The van der Waals surface area contributed by atoms with Crippen LogP contribution in [0.3, 0.4) is 0 Å². The van der Waals surface area contributed by atoms with E-state index in [0.29, 0.717) is 0 Å². The van der Waals surface area contributed by atoms with Gasteiger partial charge in [0.25, 0.3) is 5.91 Å². The second-order valence-electron chi connectivity index (χ2n) is 6.57. The fraction of sp³-hybridized carbons (Fsp3) is 0.471. The third kappa shape index (κ3) is 2.48. The Labute approximate surface area is 135 Å². The van der Waals surface area contributed by atoms with Gasteiger partial charge in [-0.15, -0.1) is 0 Å². The van der Waals surface area contributed by atoms with Crippen LogP contribution in [-0.4, -0.2) is 48.3 Å². The molecule has 0 saturated carbocycles. The molecule has 2 aliphatic rings. The monoisotopic (exact) mass is 315 g/mol. The number of carbonyl (C=O) groups excluding carboxylic acids is 3. The van der Waals surface area contributed by atoms with Gasteiger partial charge in [0.15, 0.2) is 0 Å². The van der Waals surface area contributed by atoms with E-state index in [0.717, 1.165) is 29.7 Å². The molecule has 0 bridgehead atoms. The largest absolute Gasteiger partial charge is 0.347 e. The Kier molecular flexibility index (Phi) is 3.62. The van der Waals surface area contributed by atoms with Crippen molar-refractivity contribution in [1.82, 2.24) is 15.1 Å². The summed E-state index contributed by atoms with van der Waals surface area (Å²) in [6, 6.07) is 5.43. The van der Waals surface area contributed by atoms with Gasteiger partial charge >= 0.3 is 6.03 Å². The molecule has 1 fully saturated rings. The normalized spacial score (nSPS) is 23.0. The molecule has 4 amide bonds. The molecule has 122 valence electrons. The lowest BCUT2D eigenvalue weighted by molar-refractivity contribution is -0.137. The van der Waals surface area contributed by atoms with E-state index in [-0.39, 0.29) is 18.4 Å². The van der Waals surface area contributed by atoms with Crippen LogP contribution >= 0.6 is 0 Å². The lowest BCUT2D eigenvalue weighted by Gasteiger charge is -2.23. The van der Waals surface area contributed by atoms with Crippen LogP contribution in [-0.2, 0) is 28.0 Å². The number of aryl methyl sites for hydroxylation is 2. The van der Waals surface area contributed by atoms with E-state index in [4.69, 9.17) is 0 Å². The topological polar surface area (TPSA) is 69.7 Å². The van der Waals surface area contributed by atoms with Gasteiger partial charge in [0.05, 0.1) is 0 Å². The molecule has 1 aliphatic heterocycles. The van der Waals surface area contributed by atoms with Crippen molar-refractivity contribution in [2.75, 3.05) is 20.6 Å². The minimum absolute atomic E-state index is 0.238. The van der Waals surface area contributed by atoms with Gasteiger partial charge in [0.2, 0.25) is 5.91 Å². The van der Waals surface area contributed by atoms with E-state index in [1.807, 2.05) is 18.2 Å². The first-order chi connectivity index (χ1) is 10.8. The van der Waals surface area contributed by atoms with Gasteiger partial charge in [-0.1, -0.05) is 18.2 Å². The van der Waals surface area contributed by atoms with Crippen LogP contribution in [0.15, 0.2) is 18.2 Å². The fourth-order valence-corrected chi connectivity index (χ4v) is 3.20. The summed E-state index contributed by atoms with van der Waals surface area (Å²) in [5.41, 5.74) is 2.22. The van der Waals surface area contributed by atoms with Crippen LogP contribution in [0, 0.1) is 0 Å². The molecule has 1 aliphatic carbocycles. The highest BCUT2D eigenvalue weighted by molar-refractivity contribution is 6.09. The predicted octanol–water partition coefficient (Wildman–Crippen LogP) is 1.03. The van der Waals surface area contributed by atoms with E-state index >= 15 is 0 Å². The van der Waals surface area contributed by atoms with E-state index in [2.05, 4.69) is 5.32 Å². The van der Waals surface area contributed by atoms with Crippen LogP contribution in [0.2, 0.25) is 0 Å². The van der Waals surface area contributed by atoms with Crippen LogP contribution in [0.4, 0.5) is 4.79 Å². The lowest BCUT2D eigenvalue weighted by Crippen LogP contribution is -2.43. The average Bonchev–Trinajstić information content (AvgIpc) is 3.05. The Morgan fingerprint density at radius 1 is 1.26 bits per heavy atom. The zero-order chi connectivity index (χ0) is 16.8. The van der Waals surface area contributed by atoms with Crippen molar-refractivity contribution in [3.05, 3.63) is 34.9 Å². The Bertz CT molecular complexity index is 698. The summed E-state index contributed by atoms with van der Waals surface area (Å²) in [4.78, 5) is 39.2. The quantitative estimate of drug-likeness (QED) is 0.847. The van der Waals surface area contributed by atoms with Crippen molar-refractivity contribution >= 4 is 17.8 Å². The molecule has 1 aromatic carbocycles. The zero-order valence-electron chi connectivity index (χ0n) is 13.7. The smallest absolute Gasteiger partial charge is 0.325 e. The minimum atomic E-state index is -1.11. The molecule has 0 radical (unpaired) electrons. The van der Waals surface area contributed by atoms with Gasteiger partial charge in [-0.2, -0.15) is 0 Å². The zero-order valence-corrected chi connectivity index (χ0v) is 13.7. The number of rotatable bonds is 3. The molecule has 1 N–H and O–H groups in total. The van der Waals surface area contributed by atoms with Crippen LogP contribution in [0.1, 0.15) is 30.0 Å². The van der Waals surface area contributed by atoms with Crippen molar-refractivity contribution in [1.29, 1.82) is 0 Å².